The third kappa shape index (κ3) is 5.13. The SMILES string of the molecule is CCN(Cc1ccc(C(=O)NC(c2cccc(F)c2)c2nccn2C)cc1)C(C)C. The number of hydrogen-bond acceptors (Lipinski definition) is 3. The van der Waals surface area contributed by atoms with Crippen LogP contribution in [0.15, 0.2) is 60.9 Å². The maximum absolute atomic E-state index is 13.8. The smallest absolute Gasteiger partial charge is 0.252 e. The number of halogens is 1. The Morgan fingerprint density at radius 1 is 1.20 bits per heavy atom. The molecule has 158 valence electrons. The van der Waals surface area contributed by atoms with E-state index in [1.54, 1.807) is 24.5 Å². The molecule has 0 spiro atoms. The normalized spacial score (nSPS) is 12.4. The molecule has 3 rings (SSSR count). The molecule has 1 aromatic heterocycles. The standard InChI is InChI=1S/C24H29FN4O/c1-5-29(17(2)3)16-18-9-11-19(12-10-18)24(30)27-22(23-26-13-14-28(23)4)20-7-6-8-21(25)15-20/h6-15,17,22H,5,16H2,1-4H3,(H,27,30). The molecular formula is C24H29FN4O. The van der Waals surface area contributed by atoms with E-state index in [0.29, 0.717) is 23.0 Å². The maximum atomic E-state index is 13.8. The number of nitrogens with one attached hydrogen (secondary N) is 1. The Morgan fingerprint density at radius 2 is 1.93 bits per heavy atom. The number of carbonyl (C=O) groups is 1. The van der Waals surface area contributed by atoms with Crippen molar-refractivity contribution in [3.05, 3.63) is 89.3 Å². The lowest BCUT2D eigenvalue weighted by molar-refractivity contribution is 0.0941. The van der Waals surface area contributed by atoms with Crippen LogP contribution in [0.1, 0.15) is 54.1 Å². The fourth-order valence-corrected chi connectivity index (χ4v) is 3.51. The van der Waals surface area contributed by atoms with Crippen LogP contribution in [-0.4, -0.2) is 32.9 Å². The van der Waals surface area contributed by atoms with Gasteiger partial charge in [0.25, 0.3) is 5.91 Å². The molecule has 1 N–H and O–H groups in total. The van der Waals surface area contributed by atoms with Crippen LogP contribution < -0.4 is 5.32 Å². The number of imidazole rings is 1. The van der Waals surface area contributed by atoms with Gasteiger partial charge in [-0.1, -0.05) is 31.2 Å². The Balaban J connectivity index is 1.80. The van der Waals surface area contributed by atoms with E-state index in [-0.39, 0.29) is 11.7 Å². The average molecular weight is 409 g/mol. The van der Waals surface area contributed by atoms with E-state index in [9.17, 15) is 9.18 Å². The molecule has 0 aliphatic rings. The van der Waals surface area contributed by atoms with E-state index in [2.05, 4.69) is 36.0 Å². The van der Waals surface area contributed by atoms with Gasteiger partial charge in [0.15, 0.2) is 0 Å². The van der Waals surface area contributed by atoms with Crippen LogP contribution in [-0.2, 0) is 13.6 Å². The van der Waals surface area contributed by atoms with Crippen molar-refractivity contribution < 1.29 is 9.18 Å². The predicted molar refractivity (Wildman–Crippen MR) is 117 cm³/mol. The number of aromatic nitrogens is 2. The van der Waals surface area contributed by atoms with Crippen LogP contribution in [0.2, 0.25) is 0 Å². The lowest BCUT2D eigenvalue weighted by atomic mass is 10.0. The van der Waals surface area contributed by atoms with E-state index in [4.69, 9.17) is 0 Å². The van der Waals surface area contributed by atoms with Gasteiger partial charge in [0, 0.05) is 37.6 Å². The highest BCUT2D eigenvalue weighted by atomic mass is 19.1. The van der Waals surface area contributed by atoms with Crippen LogP contribution in [0.25, 0.3) is 0 Å². The van der Waals surface area contributed by atoms with Crippen molar-refractivity contribution in [1.29, 1.82) is 0 Å². The second-order valence-corrected chi connectivity index (χ2v) is 7.71. The van der Waals surface area contributed by atoms with Gasteiger partial charge in [-0.2, -0.15) is 0 Å². The minimum atomic E-state index is -0.551. The summed E-state index contributed by atoms with van der Waals surface area (Å²) in [5.41, 5.74) is 2.36. The Bertz CT molecular complexity index is 981. The molecule has 1 amide bonds. The summed E-state index contributed by atoms with van der Waals surface area (Å²) in [6, 6.07) is 13.8. The van der Waals surface area contributed by atoms with E-state index in [0.717, 1.165) is 18.7 Å². The Labute approximate surface area is 177 Å². The van der Waals surface area contributed by atoms with E-state index in [1.165, 1.54) is 12.1 Å². The number of hydrogen-bond donors (Lipinski definition) is 1. The lowest BCUT2D eigenvalue weighted by Crippen LogP contribution is -2.31. The van der Waals surface area contributed by atoms with Gasteiger partial charge in [0.1, 0.15) is 17.7 Å². The van der Waals surface area contributed by atoms with Gasteiger partial charge >= 0.3 is 0 Å². The summed E-state index contributed by atoms with van der Waals surface area (Å²) < 4.78 is 15.6. The van der Waals surface area contributed by atoms with Gasteiger partial charge in [0.2, 0.25) is 0 Å². The maximum Gasteiger partial charge on any atom is 0.252 e. The molecule has 6 heteroatoms. The van der Waals surface area contributed by atoms with Gasteiger partial charge in [0.05, 0.1) is 0 Å². The summed E-state index contributed by atoms with van der Waals surface area (Å²) in [4.78, 5) is 19.7. The first kappa shape index (κ1) is 21.7. The van der Waals surface area contributed by atoms with Crippen molar-refractivity contribution in [2.45, 2.75) is 39.4 Å². The van der Waals surface area contributed by atoms with Gasteiger partial charge < -0.3 is 9.88 Å². The van der Waals surface area contributed by atoms with Gasteiger partial charge in [-0.15, -0.1) is 0 Å². The predicted octanol–water partition coefficient (Wildman–Crippen LogP) is 4.31. The largest absolute Gasteiger partial charge is 0.338 e. The van der Waals surface area contributed by atoms with E-state index >= 15 is 0 Å². The molecule has 0 saturated heterocycles. The third-order valence-corrected chi connectivity index (χ3v) is 5.31. The number of benzene rings is 2. The Kier molecular flexibility index (Phi) is 7.00. The first-order valence-electron chi connectivity index (χ1n) is 10.3. The van der Waals surface area contributed by atoms with Crippen LogP contribution in [0.4, 0.5) is 4.39 Å². The molecule has 5 nitrogen and oxygen atoms in total. The molecule has 0 bridgehead atoms. The zero-order valence-electron chi connectivity index (χ0n) is 18.0. The van der Waals surface area contributed by atoms with Gasteiger partial charge in [-0.25, -0.2) is 9.37 Å². The third-order valence-electron chi connectivity index (χ3n) is 5.31. The van der Waals surface area contributed by atoms with Gasteiger partial charge in [-0.3, -0.25) is 9.69 Å². The van der Waals surface area contributed by atoms with Crippen LogP contribution >= 0.6 is 0 Å². The quantitative estimate of drug-likeness (QED) is 0.604. The number of nitrogens with zero attached hydrogens (tertiary/aromatic N) is 3. The fourth-order valence-electron chi connectivity index (χ4n) is 3.51. The zero-order valence-corrected chi connectivity index (χ0v) is 18.0. The molecule has 2 aromatic carbocycles. The molecule has 1 unspecified atom stereocenters. The molecule has 0 aliphatic heterocycles. The first-order chi connectivity index (χ1) is 14.4. The highest BCUT2D eigenvalue weighted by molar-refractivity contribution is 5.94. The van der Waals surface area contributed by atoms with Crippen LogP contribution in [0.3, 0.4) is 0 Å². The minimum absolute atomic E-state index is 0.227. The number of rotatable bonds is 8. The van der Waals surface area contributed by atoms with Crippen molar-refractivity contribution in [3.63, 3.8) is 0 Å². The van der Waals surface area contributed by atoms with E-state index in [1.807, 2.05) is 35.9 Å². The summed E-state index contributed by atoms with van der Waals surface area (Å²) in [5, 5.41) is 3.01. The fraction of sp³-hybridized carbons (Fsp3) is 0.333. The molecule has 1 heterocycles. The summed E-state index contributed by atoms with van der Waals surface area (Å²) in [5.74, 6) is 0.0621. The minimum Gasteiger partial charge on any atom is -0.338 e. The number of amides is 1. The molecular weight excluding hydrogens is 379 g/mol. The number of aryl methyl sites for hydroxylation is 1. The highest BCUT2D eigenvalue weighted by Gasteiger charge is 2.22. The molecule has 1 atom stereocenters. The topological polar surface area (TPSA) is 50.2 Å². The lowest BCUT2D eigenvalue weighted by Gasteiger charge is -2.24. The zero-order chi connectivity index (χ0) is 21.7. The summed E-state index contributed by atoms with van der Waals surface area (Å²) in [7, 11) is 1.85. The van der Waals surface area contributed by atoms with Crippen molar-refractivity contribution in [3.8, 4) is 0 Å². The second-order valence-electron chi connectivity index (χ2n) is 7.71. The Hall–Kier alpha value is -2.99. The molecule has 0 saturated carbocycles. The van der Waals surface area contributed by atoms with E-state index < -0.39 is 6.04 Å². The molecule has 3 aromatic rings. The number of carbonyl (C=O) groups excluding carboxylic acids is 1. The molecule has 0 radical (unpaired) electrons. The molecule has 0 fully saturated rings. The second kappa shape index (κ2) is 9.67. The van der Waals surface area contributed by atoms with Gasteiger partial charge in [-0.05, 0) is 55.8 Å². The molecule has 30 heavy (non-hydrogen) atoms. The summed E-state index contributed by atoms with van der Waals surface area (Å²) >= 11 is 0. The van der Waals surface area contributed by atoms with Crippen LogP contribution in [0.5, 0.6) is 0 Å². The Morgan fingerprint density at radius 3 is 2.50 bits per heavy atom. The molecule has 0 aliphatic carbocycles. The van der Waals surface area contributed by atoms with Crippen LogP contribution in [0, 0.1) is 5.82 Å². The van der Waals surface area contributed by atoms with Crippen molar-refractivity contribution in [2.75, 3.05) is 6.54 Å². The summed E-state index contributed by atoms with van der Waals surface area (Å²) in [6.45, 7) is 8.31. The van der Waals surface area contributed by atoms with Crippen molar-refractivity contribution in [2.24, 2.45) is 7.05 Å². The highest BCUT2D eigenvalue weighted by Crippen LogP contribution is 2.22. The van der Waals surface area contributed by atoms with Crippen molar-refractivity contribution in [1.82, 2.24) is 19.8 Å². The average Bonchev–Trinajstić information content (AvgIpc) is 3.15. The first-order valence-corrected chi connectivity index (χ1v) is 10.3. The van der Waals surface area contributed by atoms with Crippen molar-refractivity contribution >= 4 is 5.91 Å². The summed E-state index contributed by atoms with van der Waals surface area (Å²) in [6.07, 6.45) is 3.47. The monoisotopic (exact) mass is 408 g/mol.